The number of hydrogen-bond acceptors (Lipinski definition) is 2. The van der Waals surface area contributed by atoms with Crippen LogP contribution in [0.1, 0.15) is 25.0 Å². The first-order chi connectivity index (χ1) is 23.1. The Bertz CT molecular complexity index is 2730. The third-order valence-corrected chi connectivity index (χ3v) is 11.6. The van der Waals surface area contributed by atoms with Gasteiger partial charge in [0.15, 0.2) is 0 Å². The van der Waals surface area contributed by atoms with Crippen LogP contribution in [-0.4, -0.2) is 0 Å². The minimum atomic E-state index is -0.0753. The van der Waals surface area contributed by atoms with E-state index in [0.29, 0.717) is 0 Å². The minimum Gasteiger partial charge on any atom is -0.310 e. The summed E-state index contributed by atoms with van der Waals surface area (Å²) in [6.45, 7) is 4.72. The molecule has 0 unspecified atom stereocenters. The molecule has 1 nitrogen and oxygen atoms in total. The number of fused-ring (bicyclic) bond motifs is 11. The highest BCUT2D eigenvalue weighted by molar-refractivity contribution is 7.25. The standard InChI is InChI=1S/C45H31NS/c1-45(2)39-14-7-5-13-38(39)44-40(45)15-9-16-41(44)46(31-21-25-37-36-12-6-8-17-42(36)47-43(37)27-31)30-20-24-33-29(26-30)19-23-34-32-11-4-3-10-28(32)18-22-35(33)34/h3-27H,1-2H3. The van der Waals surface area contributed by atoms with Gasteiger partial charge in [0.25, 0.3) is 0 Å². The molecule has 0 saturated carbocycles. The number of hydrogen-bond donors (Lipinski definition) is 0. The Balaban J connectivity index is 1.24. The molecule has 0 fully saturated rings. The molecule has 1 aliphatic rings. The average molecular weight is 618 g/mol. The van der Waals surface area contributed by atoms with Crippen molar-refractivity contribution in [1.82, 2.24) is 0 Å². The summed E-state index contributed by atoms with van der Waals surface area (Å²) in [5, 5.41) is 10.3. The van der Waals surface area contributed by atoms with Crippen LogP contribution < -0.4 is 4.90 Å². The van der Waals surface area contributed by atoms with Crippen LogP contribution in [0.2, 0.25) is 0 Å². The molecule has 47 heavy (non-hydrogen) atoms. The summed E-state index contributed by atoms with van der Waals surface area (Å²) in [5.74, 6) is 0. The Morgan fingerprint density at radius 2 is 1.06 bits per heavy atom. The normalized spacial score (nSPS) is 13.5. The lowest BCUT2D eigenvalue weighted by atomic mass is 9.82. The molecule has 1 aromatic heterocycles. The van der Waals surface area contributed by atoms with E-state index in [9.17, 15) is 0 Å². The second-order valence-corrected chi connectivity index (χ2v) is 14.4. The van der Waals surface area contributed by atoms with Crippen LogP contribution in [0, 0.1) is 0 Å². The highest BCUT2D eigenvalue weighted by Crippen LogP contribution is 2.54. The third-order valence-electron chi connectivity index (χ3n) is 10.4. The number of benzene rings is 8. The average Bonchev–Trinajstić information content (AvgIpc) is 3.60. The Morgan fingerprint density at radius 3 is 1.94 bits per heavy atom. The molecule has 0 aliphatic heterocycles. The summed E-state index contributed by atoms with van der Waals surface area (Å²) in [5.41, 5.74) is 8.90. The predicted octanol–water partition coefficient (Wildman–Crippen LogP) is 13.3. The van der Waals surface area contributed by atoms with E-state index in [1.165, 1.54) is 86.1 Å². The van der Waals surface area contributed by atoms with Crippen molar-refractivity contribution in [3.05, 3.63) is 163 Å². The van der Waals surface area contributed by atoms with E-state index in [1.807, 2.05) is 11.3 Å². The van der Waals surface area contributed by atoms with E-state index in [1.54, 1.807) is 0 Å². The Morgan fingerprint density at radius 1 is 0.447 bits per heavy atom. The first-order valence-electron chi connectivity index (χ1n) is 16.4. The summed E-state index contributed by atoms with van der Waals surface area (Å²) >= 11 is 1.88. The topological polar surface area (TPSA) is 3.24 Å². The summed E-state index contributed by atoms with van der Waals surface area (Å²) in [6, 6.07) is 56.5. The fourth-order valence-corrected chi connectivity index (χ4v) is 9.30. The monoisotopic (exact) mass is 617 g/mol. The van der Waals surface area contributed by atoms with Crippen LogP contribution in [0.5, 0.6) is 0 Å². The molecule has 0 radical (unpaired) electrons. The van der Waals surface area contributed by atoms with Crippen molar-refractivity contribution in [1.29, 1.82) is 0 Å². The van der Waals surface area contributed by atoms with Crippen LogP contribution in [0.4, 0.5) is 17.1 Å². The fraction of sp³-hybridized carbons (Fsp3) is 0.0667. The third kappa shape index (κ3) is 3.83. The van der Waals surface area contributed by atoms with E-state index in [4.69, 9.17) is 0 Å². The van der Waals surface area contributed by atoms with Crippen molar-refractivity contribution in [3.8, 4) is 11.1 Å². The van der Waals surface area contributed by atoms with Gasteiger partial charge in [-0.25, -0.2) is 0 Å². The minimum absolute atomic E-state index is 0.0753. The highest BCUT2D eigenvalue weighted by atomic mass is 32.1. The van der Waals surface area contributed by atoms with Crippen molar-refractivity contribution >= 4 is 80.9 Å². The molecule has 9 aromatic rings. The molecular weight excluding hydrogens is 587 g/mol. The van der Waals surface area contributed by atoms with Gasteiger partial charge < -0.3 is 4.90 Å². The van der Waals surface area contributed by atoms with Gasteiger partial charge in [-0.2, -0.15) is 0 Å². The largest absolute Gasteiger partial charge is 0.310 e. The maximum atomic E-state index is 2.49. The zero-order valence-corrected chi connectivity index (χ0v) is 27.1. The molecule has 0 bridgehead atoms. The van der Waals surface area contributed by atoms with E-state index < -0.39 is 0 Å². The lowest BCUT2D eigenvalue weighted by Crippen LogP contribution is -2.16. The maximum Gasteiger partial charge on any atom is 0.0543 e. The van der Waals surface area contributed by atoms with Crippen molar-refractivity contribution in [2.75, 3.05) is 4.90 Å². The quantitative estimate of drug-likeness (QED) is 0.178. The maximum absolute atomic E-state index is 2.49. The molecule has 222 valence electrons. The molecule has 0 atom stereocenters. The first-order valence-corrected chi connectivity index (χ1v) is 17.2. The Hall–Kier alpha value is -5.44. The van der Waals surface area contributed by atoms with Gasteiger partial charge in [0.05, 0.1) is 5.69 Å². The number of anilines is 3. The van der Waals surface area contributed by atoms with Crippen LogP contribution in [-0.2, 0) is 5.41 Å². The van der Waals surface area contributed by atoms with Crippen LogP contribution >= 0.6 is 11.3 Å². The Labute approximate surface area is 278 Å². The molecular formula is C45H31NS. The molecule has 8 aromatic carbocycles. The van der Waals surface area contributed by atoms with Gasteiger partial charge >= 0.3 is 0 Å². The number of nitrogens with zero attached hydrogens (tertiary/aromatic N) is 1. The van der Waals surface area contributed by atoms with Crippen molar-refractivity contribution < 1.29 is 0 Å². The fourth-order valence-electron chi connectivity index (χ4n) is 8.16. The molecule has 10 rings (SSSR count). The SMILES string of the molecule is CC1(C)c2ccccc2-c2c(N(c3ccc4c(ccc5c6ccccc6ccc45)c3)c3ccc4c(c3)sc3ccccc34)cccc21. The molecule has 1 heterocycles. The van der Waals surface area contributed by atoms with Gasteiger partial charge in [0.1, 0.15) is 0 Å². The summed E-state index contributed by atoms with van der Waals surface area (Å²) in [6.07, 6.45) is 0. The van der Waals surface area contributed by atoms with Crippen molar-refractivity contribution in [3.63, 3.8) is 0 Å². The predicted molar refractivity (Wildman–Crippen MR) is 204 cm³/mol. The van der Waals surface area contributed by atoms with Crippen molar-refractivity contribution in [2.45, 2.75) is 19.3 Å². The van der Waals surface area contributed by atoms with Gasteiger partial charge in [-0.05, 0) is 85.4 Å². The molecule has 0 amide bonds. The van der Waals surface area contributed by atoms with Gasteiger partial charge in [-0.15, -0.1) is 11.3 Å². The summed E-state index contributed by atoms with van der Waals surface area (Å²) in [7, 11) is 0. The molecule has 0 N–H and O–H groups in total. The van der Waals surface area contributed by atoms with E-state index in [-0.39, 0.29) is 5.41 Å². The second-order valence-electron chi connectivity index (χ2n) is 13.3. The van der Waals surface area contributed by atoms with E-state index in [0.717, 1.165) is 5.69 Å². The highest BCUT2D eigenvalue weighted by Gasteiger charge is 2.37. The molecule has 0 spiro atoms. The van der Waals surface area contributed by atoms with Crippen molar-refractivity contribution in [2.24, 2.45) is 0 Å². The molecule has 2 heteroatoms. The van der Waals surface area contributed by atoms with Gasteiger partial charge in [-0.3, -0.25) is 0 Å². The first kappa shape index (κ1) is 26.7. The number of rotatable bonds is 3. The van der Waals surface area contributed by atoms with Gasteiger partial charge in [0, 0.05) is 42.5 Å². The van der Waals surface area contributed by atoms with Gasteiger partial charge in [0.2, 0.25) is 0 Å². The Kier molecular flexibility index (Phi) is 5.57. The van der Waals surface area contributed by atoms with Crippen LogP contribution in [0.25, 0.3) is 63.6 Å². The smallest absolute Gasteiger partial charge is 0.0543 e. The summed E-state index contributed by atoms with van der Waals surface area (Å²) < 4.78 is 2.63. The van der Waals surface area contributed by atoms with Crippen LogP contribution in [0.15, 0.2) is 152 Å². The van der Waals surface area contributed by atoms with Gasteiger partial charge in [-0.1, -0.05) is 129 Å². The lowest BCUT2D eigenvalue weighted by Gasteiger charge is -2.29. The summed E-state index contributed by atoms with van der Waals surface area (Å²) in [4.78, 5) is 2.49. The van der Waals surface area contributed by atoms with Crippen LogP contribution in [0.3, 0.4) is 0 Å². The molecule has 1 aliphatic carbocycles. The molecule has 0 saturated heterocycles. The number of thiophene rings is 1. The lowest BCUT2D eigenvalue weighted by molar-refractivity contribution is 0.660. The van der Waals surface area contributed by atoms with E-state index >= 15 is 0 Å². The second kappa shape index (κ2) is 9.78. The zero-order valence-electron chi connectivity index (χ0n) is 26.3. The van der Waals surface area contributed by atoms with E-state index in [2.05, 4.69) is 170 Å². The zero-order chi connectivity index (χ0) is 31.3.